The van der Waals surface area contributed by atoms with Crippen molar-refractivity contribution in [1.29, 1.82) is 0 Å². The molecule has 0 saturated carbocycles. The van der Waals surface area contributed by atoms with Gasteiger partial charge in [0.2, 0.25) is 0 Å². The van der Waals surface area contributed by atoms with Crippen molar-refractivity contribution in [2.75, 3.05) is 13.1 Å². The minimum absolute atomic E-state index is 0.436. The van der Waals surface area contributed by atoms with Crippen molar-refractivity contribution in [2.45, 2.75) is 38.8 Å². The van der Waals surface area contributed by atoms with Gasteiger partial charge < -0.3 is 4.57 Å². The van der Waals surface area contributed by atoms with Crippen LogP contribution in [0.3, 0.4) is 0 Å². The SMILES string of the molecule is Cc1ncsc1CN1CCCC(c2nnc(Cn3cccn3)n2C)C1. The van der Waals surface area contributed by atoms with E-state index in [9.17, 15) is 0 Å². The van der Waals surface area contributed by atoms with E-state index in [-0.39, 0.29) is 0 Å². The van der Waals surface area contributed by atoms with Crippen LogP contribution in [-0.4, -0.2) is 47.5 Å². The smallest absolute Gasteiger partial charge is 0.154 e. The highest BCUT2D eigenvalue weighted by Crippen LogP contribution is 2.27. The quantitative estimate of drug-likeness (QED) is 0.700. The Bertz CT molecular complexity index is 820. The Balaban J connectivity index is 1.46. The van der Waals surface area contributed by atoms with Crippen molar-refractivity contribution >= 4 is 11.3 Å². The number of piperidine rings is 1. The standard InChI is InChI=1S/C17H23N7S/c1-13-15(25-12-18-13)10-23-7-3-5-14(9-23)17-21-20-16(22(17)2)11-24-8-4-6-19-24/h4,6,8,12,14H,3,5,7,9-11H2,1-2H3. The summed E-state index contributed by atoms with van der Waals surface area (Å²) in [5.41, 5.74) is 3.10. The van der Waals surface area contributed by atoms with Crippen LogP contribution in [0.5, 0.6) is 0 Å². The molecule has 0 N–H and O–H groups in total. The number of thiazole rings is 1. The van der Waals surface area contributed by atoms with Gasteiger partial charge in [-0.1, -0.05) is 0 Å². The predicted octanol–water partition coefficient (Wildman–Crippen LogP) is 2.20. The Kier molecular flexibility index (Phi) is 4.63. The minimum Gasteiger partial charge on any atom is -0.316 e. The summed E-state index contributed by atoms with van der Waals surface area (Å²) < 4.78 is 4.03. The molecule has 1 atom stereocenters. The van der Waals surface area contributed by atoms with Crippen molar-refractivity contribution in [2.24, 2.45) is 7.05 Å². The summed E-state index contributed by atoms with van der Waals surface area (Å²) in [6.07, 6.45) is 6.11. The molecule has 1 fully saturated rings. The normalized spacial score (nSPS) is 18.7. The second kappa shape index (κ2) is 7.05. The maximum atomic E-state index is 4.50. The van der Waals surface area contributed by atoms with Crippen LogP contribution in [0.4, 0.5) is 0 Å². The van der Waals surface area contributed by atoms with Crippen LogP contribution in [-0.2, 0) is 20.1 Å². The number of rotatable bonds is 5. The van der Waals surface area contributed by atoms with E-state index in [1.54, 1.807) is 17.5 Å². The van der Waals surface area contributed by atoms with Crippen LogP contribution in [0.1, 0.15) is 41.0 Å². The third kappa shape index (κ3) is 3.50. The zero-order chi connectivity index (χ0) is 17.2. The van der Waals surface area contributed by atoms with E-state index in [1.807, 2.05) is 22.5 Å². The molecule has 4 heterocycles. The fourth-order valence-electron chi connectivity index (χ4n) is 3.50. The Morgan fingerprint density at radius 1 is 1.28 bits per heavy atom. The van der Waals surface area contributed by atoms with Gasteiger partial charge in [0.25, 0.3) is 0 Å². The molecule has 3 aromatic rings. The average Bonchev–Trinajstić information content (AvgIpc) is 3.33. The molecule has 0 bridgehead atoms. The fourth-order valence-corrected chi connectivity index (χ4v) is 4.32. The van der Waals surface area contributed by atoms with E-state index in [0.717, 1.165) is 37.0 Å². The van der Waals surface area contributed by atoms with Crippen molar-refractivity contribution in [3.05, 3.63) is 46.2 Å². The molecule has 0 radical (unpaired) electrons. The number of hydrogen-bond donors (Lipinski definition) is 0. The Labute approximate surface area is 151 Å². The monoisotopic (exact) mass is 357 g/mol. The molecule has 3 aromatic heterocycles. The molecule has 1 aliphatic heterocycles. The van der Waals surface area contributed by atoms with Gasteiger partial charge in [-0.05, 0) is 32.4 Å². The van der Waals surface area contributed by atoms with Crippen LogP contribution < -0.4 is 0 Å². The third-order valence-corrected chi connectivity index (χ3v) is 5.86. The predicted molar refractivity (Wildman–Crippen MR) is 96.4 cm³/mol. The number of nitrogens with zero attached hydrogens (tertiary/aromatic N) is 7. The molecule has 25 heavy (non-hydrogen) atoms. The minimum atomic E-state index is 0.436. The molecule has 1 unspecified atom stereocenters. The lowest BCUT2D eigenvalue weighted by Gasteiger charge is -2.31. The number of aryl methyl sites for hydroxylation is 1. The summed E-state index contributed by atoms with van der Waals surface area (Å²) in [4.78, 5) is 8.27. The van der Waals surface area contributed by atoms with Crippen LogP contribution in [0.25, 0.3) is 0 Å². The van der Waals surface area contributed by atoms with E-state index < -0.39 is 0 Å². The van der Waals surface area contributed by atoms with Crippen LogP contribution in [0.2, 0.25) is 0 Å². The second-order valence-corrected chi connectivity index (χ2v) is 7.61. The first-order valence-electron chi connectivity index (χ1n) is 8.67. The first-order chi connectivity index (χ1) is 12.2. The molecular weight excluding hydrogens is 334 g/mol. The molecule has 4 rings (SSSR count). The topological polar surface area (TPSA) is 64.7 Å². The van der Waals surface area contributed by atoms with E-state index in [4.69, 9.17) is 0 Å². The molecule has 0 spiro atoms. The maximum Gasteiger partial charge on any atom is 0.154 e. The first-order valence-corrected chi connectivity index (χ1v) is 9.55. The molecule has 1 aliphatic rings. The lowest BCUT2D eigenvalue weighted by Crippen LogP contribution is -2.34. The number of likely N-dealkylation sites (tertiary alicyclic amines) is 1. The molecule has 0 amide bonds. The highest BCUT2D eigenvalue weighted by atomic mass is 32.1. The largest absolute Gasteiger partial charge is 0.316 e. The van der Waals surface area contributed by atoms with Crippen molar-refractivity contribution in [3.8, 4) is 0 Å². The lowest BCUT2D eigenvalue weighted by molar-refractivity contribution is 0.196. The fraction of sp³-hybridized carbons (Fsp3) is 0.529. The lowest BCUT2D eigenvalue weighted by atomic mass is 9.97. The van der Waals surface area contributed by atoms with E-state index in [1.165, 1.54) is 17.7 Å². The molecular formula is C17H23N7S. The summed E-state index contributed by atoms with van der Waals surface area (Å²) in [5.74, 6) is 2.48. The Morgan fingerprint density at radius 3 is 2.96 bits per heavy atom. The maximum absolute atomic E-state index is 4.50. The van der Waals surface area contributed by atoms with Crippen LogP contribution in [0, 0.1) is 6.92 Å². The summed E-state index contributed by atoms with van der Waals surface area (Å²) in [6.45, 7) is 5.92. The van der Waals surface area contributed by atoms with Crippen molar-refractivity contribution in [1.82, 2.24) is 34.4 Å². The van der Waals surface area contributed by atoms with Gasteiger partial charge in [-0.15, -0.1) is 21.5 Å². The van der Waals surface area contributed by atoms with E-state index in [2.05, 4.69) is 43.7 Å². The first kappa shape index (κ1) is 16.4. The summed E-state index contributed by atoms with van der Waals surface area (Å²) in [7, 11) is 2.07. The van der Waals surface area contributed by atoms with Gasteiger partial charge in [0.05, 0.1) is 11.2 Å². The molecule has 7 nitrogen and oxygen atoms in total. The van der Waals surface area contributed by atoms with Gasteiger partial charge in [0, 0.05) is 43.3 Å². The average molecular weight is 357 g/mol. The molecule has 0 aliphatic carbocycles. The van der Waals surface area contributed by atoms with Gasteiger partial charge in [-0.25, -0.2) is 4.98 Å². The Hall–Kier alpha value is -2.06. The van der Waals surface area contributed by atoms with Gasteiger partial charge in [0.1, 0.15) is 12.4 Å². The second-order valence-electron chi connectivity index (χ2n) is 6.67. The molecule has 132 valence electrons. The van der Waals surface area contributed by atoms with E-state index in [0.29, 0.717) is 12.5 Å². The Morgan fingerprint density at radius 2 is 2.20 bits per heavy atom. The zero-order valence-electron chi connectivity index (χ0n) is 14.7. The molecule has 1 saturated heterocycles. The van der Waals surface area contributed by atoms with Gasteiger partial charge >= 0.3 is 0 Å². The third-order valence-electron chi connectivity index (χ3n) is 4.94. The molecule has 8 heteroatoms. The summed E-state index contributed by atoms with van der Waals surface area (Å²) >= 11 is 1.75. The van der Waals surface area contributed by atoms with Crippen LogP contribution >= 0.6 is 11.3 Å². The van der Waals surface area contributed by atoms with Crippen molar-refractivity contribution < 1.29 is 0 Å². The number of hydrogen-bond acceptors (Lipinski definition) is 6. The summed E-state index contributed by atoms with van der Waals surface area (Å²) in [6, 6.07) is 1.93. The highest BCUT2D eigenvalue weighted by molar-refractivity contribution is 7.09. The summed E-state index contributed by atoms with van der Waals surface area (Å²) in [5, 5.41) is 13.2. The highest BCUT2D eigenvalue weighted by Gasteiger charge is 2.26. The van der Waals surface area contributed by atoms with Gasteiger partial charge in [-0.2, -0.15) is 5.10 Å². The van der Waals surface area contributed by atoms with Crippen LogP contribution in [0.15, 0.2) is 24.0 Å². The molecule has 0 aromatic carbocycles. The van der Waals surface area contributed by atoms with Gasteiger partial charge in [0.15, 0.2) is 5.82 Å². The van der Waals surface area contributed by atoms with E-state index >= 15 is 0 Å². The van der Waals surface area contributed by atoms with Gasteiger partial charge in [-0.3, -0.25) is 9.58 Å². The number of aromatic nitrogens is 6. The van der Waals surface area contributed by atoms with Crippen molar-refractivity contribution in [3.63, 3.8) is 0 Å². The zero-order valence-corrected chi connectivity index (χ0v) is 15.5.